The van der Waals surface area contributed by atoms with E-state index in [4.69, 9.17) is 4.74 Å². The predicted molar refractivity (Wildman–Crippen MR) is 80.5 cm³/mol. The zero-order chi connectivity index (χ0) is 15.6. The van der Waals surface area contributed by atoms with E-state index in [2.05, 4.69) is 40.7 Å². The van der Waals surface area contributed by atoms with Crippen molar-refractivity contribution in [3.8, 4) is 5.88 Å². The predicted octanol–water partition coefficient (Wildman–Crippen LogP) is 2.17. The van der Waals surface area contributed by atoms with Gasteiger partial charge in [0.25, 0.3) is 0 Å². The molecule has 2 rings (SSSR count). The number of hydrazine groups is 1. The summed E-state index contributed by atoms with van der Waals surface area (Å²) in [6.07, 6.45) is 3.72. The Bertz CT molecular complexity index is 565. The van der Waals surface area contributed by atoms with Gasteiger partial charge in [-0.3, -0.25) is 15.6 Å². The quantitative estimate of drug-likeness (QED) is 0.642. The number of amides is 1. The number of hydrogen-bond donors (Lipinski definition) is 2. The van der Waals surface area contributed by atoms with Gasteiger partial charge < -0.3 is 4.74 Å². The van der Waals surface area contributed by atoms with Crippen molar-refractivity contribution in [2.24, 2.45) is 17.3 Å². The Balaban J connectivity index is 1.95. The summed E-state index contributed by atoms with van der Waals surface area (Å²) < 4.78 is 5.00. The van der Waals surface area contributed by atoms with Crippen LogP contribution in [0.4, 0.5) is 5.95 Å². The van der Waals surface area contributed by atoms with Crippen molar-refractivity contribution in [1.82, 2.24) is 15.4 Å². The Labute approximate surface area is 125 Å². The second-order valence-electron chi connectivity index (χ2n) is 6.11. The number of anilines is 1. The van der Waals surface area contributed by atoms with Crippen molar-refractivity contribution in [2.75, 3.05) is 12.5 Å². The van der Waals surface area contributed by atoms with Crippen LogP contribution < -0.4 is 15.6 Å². The number of hydrogen-bond acceptors (Lipinski definition) is 5. The molecule has 1 aliphatic rings. The summed E-state index contributed by atoms with van der Waals surface area (Å²) in [5.41, 5.74) is 6.62. The fourth-order valence-electron chi connectivity index (χ4n) is 2.56. The second-order valence-corrected chi connectivity index (χ2v) is 6.11. The highest BCUT2D eigenvalue weighted by Crippen LogP contribution is 2.59. The molecule has 0 aliphatic heterocycles. The molecule has 6 heteroatoms. The van der Waals surface area contributed by atoms with Gasteiger partial charge in [0.1, 0.15) is 0 Å². The Morgan fingerprint density at radius 2 is 2.14 bits per heavy atom. The summed E-state index contributed by atoms with van der Waals surface area (Å²) in [6.45, 7) is 8.30. The first-order valence-corrected chi connectivity index (χ1v) is 6.94. The van der Waals surface area contributed by atoms with Gasteiger partial charge in [0.15, 0.2) is 0 Å². The highest BCUT2D eigenvalue weighted by Gasteiger charge is 2.60. The van der Waals surface area contributed by atoms with E-state index >= 15 is 0 Å². The van der Waals surface area contributed by atoms with E-state index in [0.29, 0.717) is 11.8 Å². The molecule has 0 aromatic carbocycles. The third kappa shape index (κ3) is 3.32. The molecule has 0 saturated heterocycles. The summed E-state index contributed by atoms with van der Waals surface area (Å²) in [4.78, 5) is 20.3. The molecule has 2 atom stereocenters. The summed E-state index contributed by atoms with van der Waals surface area (Å²) >= 11 is 0. The lowest BCUT2D eigenvalue weighted by atomic mass is 10.1. The molecule has 1 aliphatic carbocycles. The molecule has 6 nitrogen and oxygen atoms in total. The molecule has 0 unspecified atom stereocenters. The molecule has 114 valence electrons. The zero-order valence-electron chi connectivity index (χ0n) is 13.1. The maximum atomic E-state index is 12.3. The van der Waals surface area contributed by atoms with Crippen molar-refractivity contribution in [2.45, 2.75) is 27.7 Å². The lowest BCUT2D eigenvalue weighted by Gasteiger charge is -2.08. The van der Waals surface area contributed by atoms with Gasteiger partial charge in [-0.25, -0.2) is 4.98 Å². The van der Waals surface area contributed by atoms with Gasteiger partial charge in [0, 0.05) is 12.3 Å². The SMILES string of the molecule is COc1ccnc(NNC(=O)[C@H]2[C@H](C=C(C)C)C2(C)C)n1. The van der Waals surface area contributed by atoms with Gasteiger partial charge >= 0.3 is 0 Å². The van der Waals surface area contributed by atoms with Crippen molar-refractivity contribution >= 4 is 11.9 Å². The van der Waals surface area contributed by atoms with E-state index in [9.17, 15) is 4.79 Å². The van der Waals surface area contributed by atoms with E-state index < -0.39 is 0 Å². The number of methoxy groups -OCH3 is 1. The molecule has 2 N–H and O–H groups in total. The Morgan fingerprint density at radius 1 is 1.43 bits per heavy atom. The van der Waals surface area contributed by atoms with E-state index in [0.717, 1.165) is 0 Å². The van der Waals surface area contributed by atoms with Crippen LogP contribution in [0.3, 0.4) is 0 Å². The molecule has 0 spiro atoms. The fraction of sp³-hybridized carbons (Fsp3) is 0.533. The van der Waals surface area contributed by atoms with Crippen LogP contribution in [0.15, 0.2) is 23.9 Å². The first-order chi connectivity index (χ1) is 9.86. The van der Waals surface area contributed by atoms with Crippen LogP contribution in [-0.4, -0.2) is 23.0 Å². The molecule has 1 saturated carbocycles. The molecule has 1 aromatic rings. The van der Waals surface area contributed by atoms with Gasteiger partial charge in [-0.1, -0.05) is 25.5 Å². The summed E-state index contributed by atoms with van der Waals surface area (Å²) in [6, 6.07) is 1.64. The van der Waals surface area contributed by atoms with Crippen molar-refractivity contribution < 1.29 is 9.53 Å². The van der Waals surface area contributed by atoms with Gasteiger partial charge in [-0.2, -0.15) is 4.98 Å². The molecule has 0 radical (unpaired) electrons. The first kappa shape index (κ1) is 15.3. The number of rotatable bonds is 5. The van der Waals surface area contributed by atoms with Crippen LogP contribution in [0.5, 0.6) is 5.88 Å². The molecule has 1 amide bonds. The number of carbonyl (C=O) groups is 1. The molecule has 21 heavy (non-hydrogen) atoms. The van der Waals surface area contributed by atoms with Crippen LogP contribution in [0.25, 0.3) is 0 Å². The number of ether oxygens (including phenoxy) is 1. The van der Waals surface area contributed by atoms with Crippen LogP contribution in [0, 0.1) is 17.3 Å². The molecule has 1 fully saturated rings. The Morgan fingerprint density at radius 3 is 2.76 bits per heavy atom. The third-order valence-electron chi connectivity index (χ3n) is 3.84. The number of nitrogens with zero attached hydrogens (tertiary/aromatic N) is 2. The number of nitrogens with one attached hydrogen (secondary N) is 2. The van der Waals surface area contributed by atoms with E-state index in [1.165, 1.54) is 12.7 Å². The average molecular weight is 290 g/mol. The highest BCUT2D eigenvalue weighted by molar-refractivity contribution is 5.84. The molecule has 1 heterocycles. The van der Waals surface area contributed by atoms with Gasteiger partial charge in [0.2, 0.25) is 17.7 Å². The average Bonchev–Trinajstić information content (AvgIpc) is 2.96. The maximum Gasteiger partial charge on any atom is 0.245 e. The minimum Gasteiger partial charge on any atom is -0.481 e. The number of allylic oxidation sites excluding steroid dienone is 2. The topological polar surface area (TPSA) is 76.1 Å². The Hall–Kier alpha value is -2.11. The molecular formula is C15H22N4O2. The Kier molecular flexibility index (Phi) is 4.16. The smallest absolute Gasteiger partial charge is 0.245 e. The lowest BCUT2D eigenvalue weighted by molar-refractivity contribution is -0.122. The van der Waals surface area contributed by atoms with Crippen molar-refractivity contribution in [1.29, 1.82) is 0 Å². The number of aromatic nitrogens is 2. The van der Waals surface area contributed by atoms with Crippen molar-refractivity contribution in [3.63, 3.8) is 0 Å². The fourth-order valence-corrected chi connectivity index (χ4v) is 2.56. The summed E-state index contributed by atoms with van der Waals surface area (Å²) in [7, 11) is 1.53. The van der Waals surface area contributed by atoms with Gasteiger partial charge in [-0.15, -0.1) is 0 Å². The van der Waals surface area contributed by atoms with Gasteiger partial charge in [0.05, 0.1) is 13.0 Å². The van der Waals surface area contributed by atoms with E-state index in [1.807, 2.05) is 13.8 Å². The maximum absolute atomic E-state index is 12.3. The highest BCUT2D eigenvalue weighted by atomic mass is 16.5. The largest absolute Gasteiger partial charge is 0.481 e. The molecular weight excluding hydrogens is 268 g/mol. The monoisotopic (exact) mass is 290 g/mol. The number of carbonyl (C=O) groups excluding carboxylic acids is 1. The van der Waals surface area contributed by atoms with Crippen LogP contribution in [-0.2, 0) is 4.79 Å². The molecule has 0 bridgehead atoms. The second kappa shape index (κ2) is 5.71. The molecule has 1 aromatic heterocycles. The normalized spacial score (nSPS) is 22.1. The summed E-state index contributed by atoms with van der Waals surface area (Å²) in [5, 5.41) is 0. The van der Waals surface area contributed by atoms with Crippen LogP contribution in [0.1, 0.15) is 27.7 Å². The van der Waals surface area contributed by atoms with Crippen molar-refractivity contribution in [3.05, 3.63) is 23.9 Å². The third-order valence-corrected chi connectivity index (χ3v) is 3.84. The first-order valence-electron chi connectivity index (χ1n) is 6.94. The van der Waals surface area contributed by atoms with Crippen LogP contribution >= 0.6 is 0 Å². The standard InChI is InChI=1S/C15H22N4O2/c1-9(2)8-10-12(15(10,3)4)13(20)18-19-14-16-7-6-11(17-14)21-5/h6-8,10,12H,1-5H3,(H,18,20)(H,16,17,19)/t10-,12+/m0/s1. The minimum absolute atomic E-state index is 0.0156. The lowest BCUT2D eigenvalue weighted by Crippen LogP contribution is -2.33. The summed E-state index contributed by atoms with van der Waals surface area (Å²) in [5.74, 6) is 0.936. The zero-order valence-corrected chi connectivity index (χ0v) is 13.1. The van der Waals surface area contributed by atoms with Gasteiger partial charge in [-0.05, 0) is 25.2 Å². The van der Waals surface area contributed by atoms with E-state index in [-0.39, 0.29) is 23.2 Å². The van der Waals surface area contributed by atoms with Crippen LogP contribution in [0.2, 0.25) is 0 Å². The van der Waals surface area contributed by atoms with E-state index in [1.54, 1.807) is 12.3 Å². The minimum atomic E-state index is -0.0473.